The van der Waals surface area contributed by atoms with Crippen molar-refractivity contribution >= 4 is 11.8 Å². The standard InChI is InChI=1S/C19H21N3OS/c1-14-5-4-6-17(12-14)23-9-10-24-19-21-20-13-22(19)18-8-7-15(2)11-16(18)3/h4-8,11-13H,9-10H2,1-3H3. The van der Waals surface area contributed by atoms with E-state index in [9.17, 15) is 0 Å². The fourth-order valence-electron chi connectivity index (χ4n) is 2.56. The van der Waals surface area contributed by atoms with E-state index in [0.717, 1.165) is 22.3 Å². The van der Waals surface area contributed by atoms with Crippen molar-refractivity contribution in [3.8, 4) is 11.4 Å². The molecule has 0 atom stereocenters. The van der Waals surface area contributed by atoms with Crippen LogP contribution >= 0.6 is 11.8 Å². The Hall–Kier alpha value is -2.27. The van der Waals surface area contributed by atoms with Crippen LogP contribution in [0.25, 0.3) is 5.69 Å². The third-order valence-electron chi connectivity index (χ3n) is 3.70. The van der Waals surface area contributed by atoms with Crippen LogP contribution in [-0.2, 0) is 0 Å². The van der Waals surface area contributed by atoms with Crippen molar-refractivity contribution in [2.75, 3.05) is 12.4 Å². The van der Waals surface area contributed by atoms with E-state index in [4.69, 9.17) is 4.74 Å². The molecule has 0 aliphatic rings. The summed E-state index contributed by atoms with van der Waals surface area (Å²) >= 11 is 1.65. The quantitative estimate of drug-likeness (QED) is 0.494. The van der Waals surface area contributed by atoms with Gasteiger partial charge in [0, 0.05) is 5.75 Å². The fourth-order valence-corrected chi connectivity index (χ4v) is 3.30. The number of nitrogens with zero attached hydrogens (tertiary/aromatic N) is 3. The Morgan fingerprint density at radius 1 is 1.04 bits per heavy atom. The van der Waals surface area contributed by atoms with Crippen molar-refractivity contribution in [2.45, 2.75) is 25.9 Å². The molecule has 0 aliphatic carbocycles. The molecule has 0 bridgehead atoms. The first-order valence-electron chi connectivity index (χ1n) is 7.93. The minimum atomic E-state index is 0.633. The van der Waals surface area contributed by atoms with Crippen LogP contribution < -0.4 is 4.74 Å². The largest absolute Gasteiger partial charge is 0.493 e. The first kappa shape index (κ1) is 16.6. The summed E-state index contributed by atoms with van der Waals surface area (Å²) < 4.78 is 7.83. The lowest BCUT2D eigenvalue weighted by atomic mass is 10.1. The molecule has 2 aromatic carbocycles. The van der Waals surface area contributed by atoms with E-state index >= 15 is 0 Å². The first-order chi connectivity index (χ1) is 11.6. The molecule has 0 saturated carbocycles. The Bertz CT molecular complexity index is 829. The van der Waals surface area contributed by atoms with Gasteiger partial charge in [0.15, 0.2) is 5.16 Å². The summed E-state index contributed by atoms with van der Waals surface area (Å²) in [5.41, 5.74) is 4.79. The number of rotatable bonds is 6. The van der Waals surface area contributed by atoms with E-state index in [1.807, 2.05) is 22.8 Å². The van der Waals surface area contributed by atoms with Gasteiger partial charge in [-0.05, 0) is 50.1 Å². The molecule has 0 saturated heterocycles. The van der Waals surface area contributed by atoms with Crippen LogP contribution in [0.2, 0.25) is 0 Å². The Labute approximate surface area is 146 Å². The maximum absolute atomic E-state index is 5.79. The Kier molecular flexibility index (Phi) is 5.20. The number of benzene rings is 2. The molecule has 3 rings (SSSR count). The highest BCUT2D eigenvalue weighted by Crippen LogP contribution is 2.22. The Balaban J connectivity index is 1.62. The number of thioether (sulfide) groups is 1. The van der Waals surface area contributed by atoms with Crippen molar-refractivity contribution < 1.29 is 4.74 Å². The van der Waals surface area contributed by atoms with Gasteiger partial charge in [-0.15, -0.1) is 10.2 Å². The van der Waals surface area contributed by atoms with Gasteiger partial charge in [-0.3, -0.25) is 4.57 Å². The highest BCUT2D eigenvalue weighted by atomic mass is 32.2. The fraction of sp³-hybridized carbons (Fsp3) is 0.263. The van der Waals surface area contributed by atoms with Gasteiger partial charge in [0.1, 0.15) is 12.1 Å². The molecule has 4 nitrogen and oxygen atoms in total. The van der Waals surface area contributed by atoms with Crippen LogP contribution in [-0.4, -0.2) is 27.1 Å². The Morgan fingerprint density at radius 3 is 2.67 bits per heavy atom. The molecule has 0 amide bonds. The molecule has 0 fully saturated rings. The summed E-state index contributed by atoms with van der Waals surface area (Å²) in [5, 5.41) is 9.18. The molecule has 1 heterocycles. The average Bonchev–Trinajstić information content (AvgIpc) is 3.00. The van der Waals surface area contributed by atoms with Crippen molar-refractivity contribution in [1.82, 2.24) is 14.8 Å². The van der Waals surface area contributed by atoms with Crippen LogP contribution in [0.15, 0.2) is 53.9 Å². The average molecular weight is 339 g/mol. The van der Waals surface area contributed by atoms with Gasteiger partial charge in [0.2, 0.25) is 0 Å². The van der Waals surface area contributed by atoms with E-state index in [-0.39, 0.29) is 0 Å². The number of aryl methyl sites for hydroxylation is 3. The first-order valence-corrected chi connectivity index (χ1v) is 8.92. The van der Waals surface area contributed by atoms with Crippen molar-refractivity contribution in [3.05, 3.63) is 65.5 Å². The second-order valence-electron chi connectivity index (χ2n) is 5.79. The molecular weight excluding hydrogens is 318 g/mol. The normalized spacial score (nSPS) is 10.8. The molecule has 0 aliphatic heterocycles. The third-order valence-corrected chi connectivity index (χ3v) is 4.61. The summed E-state index contributed by atoms with van der Waals surface area (Å²) in [6.07, 6.45) is 1.77. The summed E-state index contributed by atoms with van der Waals surface area (Å²) in [6, 6.07) is 14.5. The van der Waals surface area contributed by atoms with Crippen LogP contribution in [0, 0.1) is 20.8 Å². The summed E-state index contributed by atoms with van der Waals surface area (Å²) in [5.74, 6) is 1.73. The predicted octanol–water partition coefficient (Wildman–Crippen LogP) is 4.36. The lowest BCUT2D eigenvalue weighted by Crippen LogP contribution is -2.03. The molecule has 1 aromatic heterocycles. The minimum Gasteiger partial charge on any atom is -0.493 e. The minimum absolute atomic E-state index is 0.633. The monoisotopic (exact) mass is 339 g/mol. The predicted molar refractivity (Wildman–Crippen MR) is 98.2 cm³/mol. The Morgan fingerprint density at radius 2 is 1.88 bits per heavy atom. The molecule has 0 spiro atoms. The van der Waals surface area contributed by atoms with E-state index in [2.05, 4.69) is 55.2 Å². The number of ether oxygens (including phenoxy) is 1. The molecule has 5 heteroatoms. The molecule has 0 N–H and O–H groups in total. The molecule has 124 valence electrons. The lowest BCUT2D eigenvalue weighted by Gasteiger charge is -2.10. The maximum Gasteiger partial charge on any atom is 0.195 e. The molecular formula is C19H21N3OS. The van der Waals surface area contributed by atoms with Gasteiger partial charge in [-0.2, -0.15) is 0 Å². The summed E-state index contributed by atoms with van der Waals surface area (Å²) in [4.78, 5) is 0. The van der Waals surface area contributed by atoms with Gasteiger partial charge >= 0.3 is 0 Å². The second-order valence-corrected chi connectivity index (χ2v) is 6.85. The molecule has 0 radical (unpaired) electrons. The topological polar surface area (TPSA) is 39.9 Å². The summed E-state index contributed by atoms with van der Waals surface area (Å²) in [6.45, 7) is 6.90. The summed E-state index contributed by atoms with van der Waals surface area (Å²) in [7, 11) is 0. The molecule has 24 heavy (non-hydrogen) atoms. The molecule has 3 aromatic rings. The van der Waals surface area contributed by atoms with Gasteiger partial charge < -0.3 is 4.74 Å². The molecule has 0 unspecified atom stereocenters. The van der Waals surface area contributed by atoms with Crippen molar-refractivity contribution in [3.63, 3.8) is 0 Å². The third kappa shape index (κ3) is 3.97. The second kappa shape index (κ2) is 7.53. The zero-order valence-corrected chi connectivity index (χ0v) is 15.0. The zero-order chi connectivity index (χ0) is 16.9. The number of hydrogen-bond acceptors (Lipinski definition) is 4. The van der Waals surface area contributed by atoms with E-state index in [1.54, 1.807) is 18.1 Å². The van der Waals surface area contributed by atoms with Crippen LogP contribution in [0.1, 0.15) is 16.7 Å². The van der Waals surface area contributed by atoms with Crippen molar-refractivity contribution in [1.29, 1.82) is 0 Å². The maximum atomic E-state index is 5.79. The lowest BCUT2D eigenvalue weighted by molar-refractivity contribution is 0.343. The van der Waals surface area contributed by atoms with Crippen LogP contribution in [0.4, 0.5) is 0 Å². The van der Waals surface area contributed by atoms with Crippen LogP contribution in [0.5, 0.6) is 5.75 Å². The highest BCUT2D eigenvalue weighted by molar-refractivity contribution is 7.99. The van der Waals surface area contributed by atoms with Gasteiger partial charge in [-0.1, -0.05) is 41.6 Å². The van der Waals surface area contributed by atoms with E-state index in [0.29, 0.717) is 6.61 Å². The number of aromatic nitrogens is 3. The van der Waals surface area contributed by atoms with Gasteiger partial charge in [-0.25, -0.2) is 0 Å². The van der Waals surface area contributed by atoms with E-state index in [1.165, 1.54) is 16.7 Å². The number of hydrogen-bond donors (Lipinski definition) is 0. The van der Waals surface area contributed by atoms with Gasteiger partial charge in [0.05, 0.1) is 12.3 Å². The highest BCUT2D eigenvalue weighted by Gasteiger charge is 2.09. The van der Waals surface area contributed by atoms with Crippen LogP contribution in [0.3, 0.4) is 0 Å². The SMILES string of the molecule is Cc1cccc(OCCSc2nncn2-c2ccc(C)cc2C)c1. The smallest absolute Gasteiger partial charge is 0.195 e. The zero-order valence-electron chi connectivity index (χ0n) is 14.2. The van der Waals surface area contributed by atoms with Crippen molar-refractivity contribution in [2.24, 2.45) is 0 Å². The van der Waals surface area contributed by atoms with E-state index < -0.39 is 0 Å². The van der Waals surface area contributed by atoms with Gasteiger partial charge in [0.25, 0.3) is 0 Å².